The molecule has 92 valence electrons. The summed E-state index contributed by atoms with van der Waals surface area (Å²) in [5.41, 5.74) is -0.673. The minimum Gasteiger partial charge on any atom is -0.388 e. The van der Waals surface area contributed by atoms with Gasteiger partial charge in [0.05, 0.1) is 10.9 Å². The Kier molecular flexibility index (Phi) is 3.80. The second-order valence-electron chi connectivity index (χ2n) is 5.22. The van der Waals surface area contributed by atoms with Crippen molar-refractivity contribution < 1.29 is 9.90 Å². The first-order chi connectivity index (χ1) is 7.58. The van der Waals surface area contributed by atoms with E-state index in [4.69, 9.17) is 0 Å². The molecule has 0 spiro atoms. The van der Waals surface area contributed by atoms with E-state index in [0.29, 0.717) is 6.54 Å². The first-order valence-corrected chi connectivity index (χ1v) is 7.26. The molecule has 2 fully saturated rings. The molecule has 0 aromatic rings. The van der Waals surface area contributed by atoms with Crippen molar-refractivity contribution in [3.05, 3.63) is 0 Å². The molecule has 0 radical (unpaired) electrons. The monoisotopic (exact) mass is 243 g/mol. The Morgan fingerprint density at radius 2 is 2.25 bits per heavy atom. The van der Waals surface area contributed by atoms with E-state index < -0.39 is 5.60 Å². The number of hydrogen-bond donors (Lipinski definition) is 1. The number of likely N-dealkylation sites (tertiary alicyclic amines) is 1. The second-order valence-corrected chi connectivity index (χ2v) is 6.53. The maximum atomic E-state index is 12.2. The number of carbonyl (C=O) groups is 1. The van der Waals surface area contributed by atoms with Crippen LogP contribution in [0.25, 0.3) is 0 Å². The van der Waals surface area contributed by atoms with Crippen molar-refractivity contribution >= 4 is 17.7 Å². The van der Waals surface area contributed by atoms with E-state index in [2.05, 4.69) is 0 Å². The molecular weight excluding hydrogens is 222 g/mol. The summed E-state index contributed by atoms with van der Waals surface area (Å²) in [6.45, 7) is 3.18. The zero-order valence-corrected chi connectivity index (χ0v) is 10.8. The fourth-order valence-corrected chi connectivity index (χ4v) is 3.83. The molecule has 1 N–H and O–H groups in total. The van der Waals surface area contributed by atoms with Crippen LogP contribution in [0.4, 0.5) is 0 Å². The summed E-state index contributed by atoms with van der Waals surface area (Å²) in [6, 6.07) is 0. The zero-order chi connectivity index (χ0) is 11.6. The van der Waals surface area contributed by atoms with Gasteiger partial charge in [-0.25, -0.2) is 0 Å². The molecule has 2 aliphatic rings. The fraction of sp³-hybridized carbons (Fsp3) is 0.917. The number of hydrogen-bond acceptors (Lipinski definition) is 3. The highest BCUT2D eigenvalue weighted by molar-refractivity contribution is 8.00. The lowest BCUT2D eigenvalue weighted by Crippen LogP contribution is -2.51. The zero-order valence-electron chi connectivity index (χ0n) is 9.95. The first-order valence-electron chi connectivity index (χ1n) is 6.21. The van der Waals surface area contributed by atoms with E-state index in [1.165, 1.54) is 12.8 Å². The summed E-state index contributed by atoms with van der Waals surface area (Å²) in [7, 11) is 0. The molecule has 2 atom stereocenters. The summed E-state index contributed by atoms with van der Waals surface area (Å²) in [5, 5.41) is 10.1. The van der Waals surface area contributed by atoms with Gasteiger partial charge in [-0.15, -0.1) is 11.8 Å². The third kappa shape index (κ3) is 2.92. The van der Waals surface area contributed by atoms with E-state index >= 15 is 0 Å². The summed E-state index contributed by atoms with van der Waals surface area (Å²) in [6.07, 6.45) is 5.17. The van der Waals surface area contributed by atoms with Gasteiger partial charge in [-0.1, -0.05) is 6.42 Å². The van der Waals surface area contributed by atoms with E-state index in [0.717, 1.165) is 31.6 Å². The molecule has 16 heavy (non-hydrogen) atoms. The number of piperidine rings is 1. The molecule has 3 nitrogen and oxygen atoms in total. The van der Waals surface area contributed by atoms with E-state index in [9.17, 15) is 9.90 Å². The minimum absolute atomic E-state index is 0.155. The Morgan fingerprint density at radius 1 is 1.44 bits per heavy atom. The number of aliphatic hydroxyl groups is 1. The van der Waals surface area contributed by atoms with Crippen LogP contribution in [-0.2, 0) is 4.79 Å². The number of rotatable bonds is 1. The standard InChI is InChI=1S/C12H21NO2S/c1-12(15)6-4-7-13(9-12)11(14)10-5-2-3-8-16-10/h10,15H,2-9H2,1H3. The normalized spacial score (nSPS) is 36.1. The Hall–Kier alpha value is -0.220. The van der Waals surface area contributed by atoms with Crippen LogP contribution < -0.4 is 0 Å². The number of carbonyl (C=O) groups excluding carboxylic acids is 1. The van der Waals surface area contributed by atoms with Crippen LogP contribution in [0.3, 0.4) is 0 Å². The van der Waals surface area contributed by atoms with Crippen LogP contribution in [0.15, 0.2) is 0 Å². The van der Waals surface area contributed by atoms with Gasteiger partial charge in [0.1, 0.15) is 0 Å². The highest BCUT2D eigenvalue weighted by Crippen LogP contribution is 2.29. The molecule has 4 heteroatoms. The third-order valence-corrected chi connectivity index (χ3v) is 4.81. The van der Waals surface area contributed by atoms with Crippen LogP contribution in [0, 0.1) is 0 Å². The third-order valence-electron chi connectivity index (χ3n) is 3.44. The van der Waals surface area contributed by atoms with E-state index in [1.54, 1.807) is 11.8 Å². The van der Waals surface area contributed by atoms with E-state index in [1.807, 2.05) is 11.8 Å². The second kappa shape index (κ2) is 4.96. The summed E-state index contributed by atoms with van der Waals surface area (Å²) < 4.78 is 0. The lowest BCUT2D eigenvalue weighted by Gasteiger charge is -2.38. The van der Waals surface area contributed by atoms with Crippen LogP contribution in [-0.4, -0.2) is 45.6 Å². The van der Waals surface area contributed by atoms with Crippen LogP contribution in [0.1, 0.15) is 39.0 Å². The number of amides is 1. The van der Waals surface area contributed by atoms with Crippen molar-refractivity contribution in [3.63, 3.8) is 0 Å². The molecule has 0 aromatic heterocycles. The van der Waals surface area contributed by atoms with Gasteiger partial charge in [0.15, 0.2) is 0 Å². The highest BCUT2D eigenvalue weighted by atomic mass is 32.2. The SMILES string of the molecule is CC1(O)CCCN(C(=O)C2CCCCS2)C1. The minimum atomic E-state index is -0.673. The summed E-state index contributed by atoms with van der Waals surface area (Å²) >= 11 is 1.79. The highest BCUT2D eigenvalue weighted by Gasteiger charge is 2.34. The van der Waals surface area contributed by atoms with Gasteiger partial charge in [-0.05, 0) is 38.4 Å². The fourth-order valence-electron chi connectivity index (χ4n) is 2.55. The lowest BCUT2D eigenvalue weighted by atomic mass is 9.95. The van der Waals surface area contributed by atoms with Crippen molar-refractivity contribution in [1.82, 2.24) is 4.90 Å². The van der Waals surface area contributed by atoms with Crippen LogP contribution in [0.5, 0.6) is 0 Å². The smallest absolute Gasteiger partial charge is 0.235 e. The average molecular weight is 243 g/mol. The summed E-state index contributed by atoms with van der Waals surface area (Å²) in [4.78, 5) is 14.1. The maximum absolute atomic E-state index is 12.2. The Labute approximate surface area is 102 Å². The molecule has 2 saturated heterocycles. The number of thioether (sulfide) groups is 1. The van der Waals surface area contributed by atoms with Crippen molar-refractivity contribution in [1.29, 1.82) is 0 Å². The Balaban J connectivity index is 1.93. The van der Waals surface area contributed by atoms with Crippen LogP contribution >= 0.6 is 11.8 Å². The summed E-state index contributed by atoms with van der Waals surface area (Å²) in [5.74, 6) is 1.37. The largest absolute Gasteiger partial charge is 0.388 e. The molecule has 0 aliphatic carbocycles. The molecule has 0 aromatic carbocycles. The van der Waals surface area contributed by atoms with Crippen molar-refractivity contribution in [2.75, 3.05) is 18.8 Å². The predicted molar refractivity (Wildman–Crippen MR) is 66.5 cm³/mol. The van der Waals surface area contributed by atoms with Gasteiger partial charge < -0.3 is 10.0 Å². The maximum Gasteiger partial charge on any atom is 0.235 e. The van der Waals surface area contributed by atoms with Gasteiger partial charge in [0, 0.05) is 13.1 Å². The number of nitrogens with zero attached hydrogens (tertiary/aromatic N) is 1. The molecule has 0 bridgehead atoms. The quantitative estimate of drug-likeness (QED) is 0.761. The Bertz CT molecular complexity index is 262. The first kappa shape index (κ1) is 12.2. The Morgan fingerprint density at radius 3 is 2.88 bits per heavy atom. The van der Waals surface area contributed by atoms with Gasteiger partial charge in [0.25, 0.3) is 0 Å². The topological polar surface area (TPSA) is 40.5 Å². The van der Waals surface area contributed by atoms with Crippen LogP contribution in [0.2, 0.25) is 0 Å². The molecule has 2 aliphatic heterocycles. The van der Waals surface area contributed by atoms with Gasteiger partial charge >= 0.3 is 0 Å². The molecule has 2 heterocycles. The van der Waals surface area contributed by atoms with Crippen molar-refractivity contribution in [2.45, 2.75) is 49.9 Å². The molecule has 2 unspecified atom stereocenters. The molecule has 2 rings (SSSR count). The van der Waals surface area contributed by atoms with Crippen molar-refractivity contribution in [2.24, 2.45) is 0 Å². The van der Waals surface area contributed by atoms with Crippen molar-refractivity contribution in [3.8, 4) is 0 Å². The van der Waals surface area contributed by atoms with Gasteiger partial charge in [-0.2, -0.15) is 0 Å². The van der Waals surface area contributed by atoms with E-state index in [-0.39, 0.29) is 11.2 Å². The molecule has 0 saturated carbocycles. The predicted octanol–water partition coefficient (Wildman–Crippen LogP) is 1.65. The number of β-amino-alcohol motifs (C(OH)–C–C–N with tert-alkyl or cyclic N) is 1. The molecular formula is C12H21NO2S. The lowest BCUT2D eigenvalue weighted by molar-refractivity contribution is -0.137. The molecule has 1 amide bonds. The van der Waals surface area contributed by atoms with Gasteiger partial charge in [-0.3, -0.25) is 4.79 Å². The van der Waals surface area contributed by atoms with Gasteiger partial charge in [0.2, 0.25) is 5.91 Å². The average Bonchev–Trinajstić information content (AvgIpc) is 2.28.